The van der Waals surface area contributed by atoms with Crippen molar-refractivity contribution in [2.75, 3.05) is 6.61 Å². The maximum Gasteiger partial charge on any atom is 0.339 e. The lowest BCUT2D eigenvalue weighted by atomic mass is 9.93. The Morgan fingerprint density at radius 2 is 1.90 bits per heavy atom. The maximum absolute atomic E-state index is 12.3. The second-order valence-electron chi connectivity index (χ2n) is 8.82. The molecule has 0 radical (unpaired) electrons. The number of ether oxygens (including phenoxy) is 2. The molecule has 0 bridgehead atoms. The number of benzene rings is 2. The van der Waals surface area contributed by atoms with Crippen LogP contribution in [-0.2, 0) is 23.0 Å². The van der Waals surface area contributed by atoms with E-state index in [0.717, 1.165) is 53.1 Å². The largest absolute Gasteiger partial charge is 0.493 e. The van der Waals surface area contributed by atoms with Crippen LogP contribution in [0.4, 0.5) is 0 Å². The highest BCUT2D eigenvalue weighted by molar-refractivity contribution is 5.87. The fourth-order valence-electron chi connectivity index (χ4n) is 4.01. The van der Waals surface area contributed by atoms with Gasteiger partial charge < -0.3 is 14.6 Å². The van der Waals surface area contributed by atoms with Crippen molar-refractivity contribution in [1.29, 1.82) is 0 Å². The number of nitrogens with zero attached hydrogens (tertiary/aromatic N) is 2. The smallest absolute Gasteiger partial charge is 0.339 e. The lowest BCUT2D eigenvalue weighted by Gasteiger charge is -2.26. The first kappa shape index (κ1) is 21.1. The first-order chi connectivity index (χ1) is 14.7. The Morgan fingerprint density at radius 1 is 1.16 bits per heavy atom. The Labute approximate surface area is 182 Å². The molecule has 1 aromatic heterocycles. The average Bonchev–Trinajstić information content (AvgIpc) is 3.08. The molecule has 162 valence electrons. The number of fused-ring (bicyclic) bond motifs is 1. The van der Waals surface area contributed by atoms with E-state index in [2.05, 4.69) is 6.07 Å². The highest BCUT2D eigenvalue weighted by atomic mass is 16.5. The summed E-state index contributed by atoms with van der Waals surface area (Å²) in [5, 5.41) is 14.8. The predicted octanol–water partition coefficient (Wildman–Crippen LogP) is 5.02. The van der Waals surface area contributed by atoms with E-state index in [9.17, 15) is 9.90 Å². The Hall–Kier alpha value is -3.12. The first-order valence-electron chi connectivity index (χ1n) is 10.5. The minimum atomic E-state index is -1.16. The van der Waals surface area contributed by atoms with Crippen LogP contribution in [0.3, 0.4) is 0 Å². The summed E-state index contributed by atoms with van der Waals surface area (Å²) in [5.74, 6) is -0.150. The van der Waals surface area contributed by atoms with Gasteiger partial charge in [-0.2, -0.15) is 5.10 Å². The number of carboxylic acids is 1. The third kappa shape index (κ3) is 4.35. The molecule has 1 atom stereocenters. The van der Waals surface area contributed by atoms with Crippen molar-refractivity contribution in [3.05, 3.63) is 59.8 Å². The van der Waals surface area contributed by atoms with Gasteiger partial charge >= 0.3 is 5.97 Å². The number of aliphatic carboxylic acids is 1. The molecule has 6 heteroatoms. The molecule has 1 unspecified atom stereocenters. The molecule has 3 aromatic rings. The highest BCUT2D eigenvalue weighted by Gasteiger charge is 2.34. The van der Waals surface area contributed by atoms with Crippen molar-refractivity contribution in [3.8, 4) is 28.1 Å². The number of carbonyl (C=O) groups is 1. The highest BCUT2D eigenvalue weighted by Crippen LogP contribution is 2.41. The molecule has 0 saturated carbocycles. The number of aryl methyl sites for hydroxylation is 2. The van der Waals surface area contributed by atoms with Crippen LogP contribution in [-0.4, -0.2) is 33.1 Å². The van der Waals surface area contributed by atoms with E-state index in [1.165, 1.54) is 0 Å². The first-order valence-corrected chi connectivity index (χ1v) is 10.5. The van der Waals surface area contributed by atoms with Gasteiger partial charge in [-0.25, -0.2) is 4.79 Å². The molecule has 1 aliphatic heterocycles. The number of carboxylic acid groups (broad SMARTS) is 1. The molecule has 2 heterocycles. The molecule has 2 aromatic carbocycles. The van der Waals surface area contributed by atoms with E-state index in [1.807, 2.05) is 63.2 Å². The van der Waals surface area contributed by atoms with Crippen molar-refractivity contribution in [1.82, 2.24) is 9.78 Å². The van der Waals surface area contributed by atoms with Gasteiger partial charge in [0, 0.05) is 18.2 Å². The zero-order valence-corrected chi connectivity index (χ0v) is 18.4. The summed E-state index contributed by atoms with van der Waals surface area (Å²) in [6.07, 6.45) is 0.741. The van der Waals surface area contributed by atoms with Gasteiger partial charge in [-0.1, -0.05) is 36.4 Å². The zero-order chi connectivity index (χ0) is 22.2. The van der Waals surface area contributed by atoms with Gasteiger partial charge in [0.15, 0.2) is 6.10 Å². The quantitative estimate of drug-likeness (QED) is 0.627. The van der Waals surface area contributed by atoms with E-state index in [4.69, 9.17) is 14.6 Å². The van der Waals surface area contributed by atoms with Crippen LogP contribution in [0, 0.1) is 0 Å². The number of aromatic nitrogens is 2. The van der Waals surface area contributed by atoms with E-state index < -0.39 is 17.7 Å². The topological polar surface area (TPSA) is 73.6 Å². The summed E-state index contributed by atoms with van der Waals surface area (Å²) < 4.78 is 13.4. The minimum absolute atomic E-state index is 0.526. The summed E-state index contributed by atoms with van der Waals surface area (Å²) >= 11 is 0. The Balaban J connectivity index is 1.95. The van der Waals surface area contributed by atoms with Crippen molar-refractivity contribution >= 4 is 5.97 Å². The van der Waals surface area contributed by atoms with Gasteiger partial charge in [-0.15, -0.1) is 0 Å². The van der Waals surface area contributed by atoms with E-state index in [1.54, 1.807) is 11.7 Å². The summed E-state index contributed by atoms with van der Waals surface area (Å²) in [4.78, 5) is 12.3. The number of rotatable bonds is 5. The molecule has 4 rings (SSSR count). The van der Waals surface area contributed by atoms with Gasteiger partial charge in [-0.3, -0.25) is 4.68 Å². The Morgan fingerprint density at radius 3 is 2.58 bits per heavy atom. The van der Waals surface area contributed by atoms with Crippen LogP contribution in [0.1, 0.15) is 44.6 Å². The monoisotopic (exact) mass is 420 g/mol. The normalized spacial score (nSPS) is 14.6. The standard InChI is InChI=1S/C25H28N2O4/c1-25(2,3)31-23(24(28)29)22-20(18-12-13-19-17(15-18)11-8-14-30-19)21(26-27(22)4)16-9-6-5-7-10-16/h5-7,9-10,12-13,15,23H,8,11,14H2,1-4H3,(H,28,29). The van der Waals surface area contributed by atoms with Crippen molar-refractivity contribution in [2.24, 2.45) is 7.05 Å². The number of hydrogen-bond donors (Lipinski definition) is 1. The van der Waals surface area contributed by atoms with Crippen LogP contribution in [0.5, 0.6) is 5.75 Å². The van der Waals surface area contributed by atoms with Gasteiger partial charge in [0.1, 0.15) is 11.4 Å². The molecule has 0 fully saturated rings. The van der Waals surface area contributed by atoms with E-state index in [-0.39, 0.29) is 0 Å². The van der Waals surface area contributed by atoms with E-state index in [0.29, 0.717) is 5.69 Å². The van der Waals surface area contributed by atoms with Crippen LogP contribution in [0.15, 0.2) is 48.5 Å². The van der Waals surface area contributed by atoms with Crippen molar-refractivity contribution in [2.45, 2.75) is 45.3 Å². The Bertz CT molecular complexity index is 1100. The minimum Gasteiger partial charge on any atom is -0.493 e. The van der Waals surface area contributed by atoms with E-state index >= 15 is 0 Å². The summed E-state index contributed by atoms with van der Waals surface area (Å²) in [7, 11) is 1.77. The lowest BCUT2D eigenvalue weighted by Crippen LogP contribution is -2.29. The second-order valence-corrected chi connectivity index (χ2v) is 8.82. The molecule has 31 heavy (non-hydrogen) atoms. The summed E-state index contributed by atoms with van der Waals surface area (Å²) in [6, 6.07) is 15.9. The van der Waals surface area contributed by atoms with Gasteiger partial charge in [-0.05, 0) is 56.9 Å². The van der Waals surface area contributed by atoms with Gasteiger partial charge in [0.05, 0.1) is 17.9 Å². The molecular formula is C25H28N2O4. The van der Waals surface area contributed by atoms with Crippen LogP contribution >= 0.6 is 0 Å². The predicted molar refractivity (Wildman–Crippen MR) is 119 cm³/mol. The Kier molecular flexibility index (Phi) is 5.58. The molecule has 0 spiro atoms. The second kappa shape index (κ2) is 8.19. The fourth-order valence-corrected chi connectivity index (χ4v) is 4.01. The SMILES string of the molecule is Cn1nc(-c2ccccc2)c(-c2ccc3c(c2)CCCO3)c1C(OC(C)(C)C)C(=O)O. The average molecular weight is 421 g/mol. The molecule has 0 amide bonds. The maximum atomic E-state index is 12.3. The molecule has 1 N–H and O–H groups in total. The lowest BCUT2D eigenvalue weighted by molar-refractivity contribution is -0.161. The summed E-state index contributed by atoms with van der Waals surface area (Å²) in [6.45, 7) is 6.29. The fraction of sp³-hybridized carbons (Fsp3) is 0.360. The van der Waals surface area contributed by atoms with Gasteiger partial charge in [0.25, 0.3) is 0 Å². The molecule has 0 saturated heterocycles. The third-order valence-corrected chi connectivity index (χ3v) is 5.28. The van der Waals surface area contributed by atoms with Crippen LogP contribution in [0.25, 0.3) is 22.4 Å². The van der Waals surface area contributed by atoms with Crippen molar-refractivity contribution in [3.63, 3.8) is 0 Å². The van der Waals surface area contributed by atoms with Crippen LogP contribution in [0.2, 0.25) is 0 Å². The third-order valence-electron chi connectivity index (χ3n) is 5.28. The number of hydrogen-bond acceptors (Lipinski definition) is 4. The van der Waals surface area contributed by atoms with Gasteiger partial charge in [0.2, 0.25) is 0 Å². The molecule has 1 aliphatic rings. The molecular weight excluding hydrogens is 392 g/mol. The molecule has 0 aliphatic carbocycles. The summed E-state index contributed by atoms with van der Waals surface area (Å²) in [5.41, 5.74) is 4.36. The zero-order valence-electron chi connectivity index (χ0n) is 18.4. The van der Waals surface area contributed by atoms with Crippen LogP contribution < -0.4 is 4.74 Å². The molecule has 6 nitrogen and oxygen atoms in total. The van der Waals surface area contributed by atoms with Crippen molar-refractivity contribution < 1.29 is 19.4 Å².